The summed E-state index contributed by atoms with van der Waals surface area (Å²) >= 11 is 5.20. The number of nitrogens with zero attached hydrogens (tertiary/aromatic N) is 1. The zero-order chi connectivity index (χ0) is 13.3. The van der Waals surface area contributed by atoms with Gasteiger partial charge in [-0.3, -0.25) is 0 Å². The topological polar surface area (TPSA) is 24.9 Å². The van der Waals surface area contributed by atoms with Crippen LogP contribution < -0.4 is 5.32 Å². The van der Waals surface area contributed by atoms with Crippen molar-refractivity contribution < 1.29 is 0 Å². The maximum Gasteiger partial charge on any atom is 0.183 e. The molecule has 1 aromatic heterocycles. The van der Waals surface area contributed by atoms with E-state index < -0.39 is 0 Å². The lowest BCUT2D eigenvalue weighted by atomic mass is 9.81. The molecule has 1 aromatic carbocycles. The van der Waals surface area contributed by atoms with Crippen molar-refractivity contribution in [3.05, 3.63) is 22.7 Å². The first-order chi connectivity index (χ1) is 8.38. The summed E-state index contributed by atoms with van der Waals surface area (Å²) in [6.45, 7) is 10.0. The maximum absolute atomic E-state index is 4.60. The second-order valence-corrected chi connectivity index (χ2v) is 7.57. The summed E-state index contributed by atoms with van der Waals surface area (Å²) in [5.74, 6) is 0.647. The molecule has 0 amide bonds. The minimum atomic E-state index is 0.276. The highest BCUT2D eigenvalue weighted by Gasteiger charge is 2.22. The van der Waals surface area contributed by atoms with Crippen LogP contribution in [0.3, 0.4) is 0 Å². The van der Waals surface area contributed by atoms with E-state index in [-0.39, 0.29) is 5.41 Å². The smallest absolute Gasteiger partial charge is 0.183 e. The van der Waals surface area contributed by atoms with Gasteiger partial charge in [0.25, 0.3) is 0 Å². The summed E-state index contributed by atoms with van der Waals surface area (Å²) in [4.78, 5) is 4.60. The molecule has 98 valence electrons. The van der Waals surface area contributed by atoms with E-state index in [0.717, 1.165) is 21.7 Å². The van der Waals surface area contributed by atoms with E-state index in [0.29, 0.717) is 5.92 Å². The van der Waals surface area contributed by atoms with E-state index in [4.69, 9.17) is 0 Å². The van der Waals surface area contributed by atoms with Crippen LogP contribution in [-0.4, -0.2) is 11.5 Å². The molecule has 4 heteroatoms. The Morgan fingerprint density at radius 1 is 1.39 bits per heavy atom. The van der Waals surface area contributed by atoms with Crippen molar-refractivity contribution in [3.8, 4) is 0 Å². The summed E-state index contributed by atoms with van der Waals surface area (Å²) in [6.07, 6.45) is 0. The monoisotopic (exact) mass is 326 g/mol. The van der Waals surface area contributed by atoms with Gasteiger partial charge in [-0.05, 0) is 29.5 Å². The quantitative estimate of drug-likeness (QED) is 0.840. The summed E-state index contributed by atoms with van der Waals surface area (Å²) in [5, 5.41) is 4.48. The number of hydrogen-bond acceptors (Lipinski definition) is 3. The first kappa shape index (κ1) is 13.8. The lowest BCUT2D eigenvalue weighted by Gasteiger charge is -2.29. The first-order valence-electron chi connectivity index (χ1n) is 6.18. The van der Waals surface area contributed by atoms with Gasteiger partial charge in [0, 0.05) is 11.0 Å². The molecular weight excluding hydrogens is 308 g/mol. The molecule has 2 aromatic rings. The highest BCUT2D eigenvalue weighted by atomic mass is 79.9. The maximum atomic E-state index is 4.60. The van der Waals surface area contributed by atoms with E-state index >= 15 is 0 Å². The highest BCUT2D eigenvalue weighted by Crippen LogP contribution is 2.31. The Morgan fingerprint density at radius 2 is 2.11 bits per heavy atom. The normalized spacial score (nSPS) is 12.3. The Labute approximate surface area is 121 Å². The first-order valence-corrected chi connectivity index (χ1v) is 7.79. The van der Waals surface area contributed by atoms with Crippen LogP contribution in [0.25, 0.3) is 10.2 Å². The second kappa shape index (κ2) is 5.17. The second-order valence-electron chi connectivity index (χ2n) is 5.63. The van der Waals surface area contributed by atoms with Crippen LogP contribution in [0.4, 0.5) is 5.13 Å². The Kier molecular flexibility index (Phi) is 3.97. The van der Waals surface area contributed by atoms with Crippen LogP contribution >= 0.6 is 27.3 Å². The molecule has 18 heavy (non-hydrogen) atoms. The summed E-state index contributed by atoms with van der Waals surface area (Å²) in [5.41, 5.74) is 1.34. The molecule has 2 rings (SSSR count). The Hall–Kier alpha value is -0.610. The molecule has 0 unspecified atom stereocenters. The molecule has 2 nitrogen and oxygen atoms in total. The fourth-order valence-corrected chi connectivity index (χ4v) is 2.90. The average molecular weight is 327 g/mol. The Bertz CT molecular complexity index is 546. The third-order valence-electron chi connectivity index (χ3n) is 3.61. The van der Waals surface area contributed by atoms with Crippen molar-refractivity contribution >= 4 is 42.6 Å². The highest BCUT2D eigenvalue weighted by molar-refractivity contribution is 9.10. The number of rotatable bonds is 4. The molecule has 0 saturated carbocycles. The van der Waals surface area contributed by atoms with Gasteiger partial charge in [-0.1, -0.05) is 55.0 Å². The summed E-state index contributed by atoms with van der Waals surface area (Å²) in [6, 6.07) is 6.20. The van der Waals surface area contributed by atoms with Gasteiger partial charge in [0.1, 0.15) is 0 Å². The molecule has 0 saturated heterocycles. The summed E-state index contributed by atoms with van der Waals surface area (Å²) in [7, 11) is 0. The van der Waals surface area contributed by atoms with Crippen LogP contribution in [0, 0.1) is 11.3 Å². The van der Waals surface area contributed by atoms with Crippen LogP contribution in [0.5, 0.6) is 0 Å². The molecule has 0 aliphatic heterocycles. The number of fused-ring (bicyclic) bond motifs is 1. The van der Waals surface area contributed by atoms with Crippen molar-refractivity contribution in [2.45, 2.75) is 27.7 Å². The van der Waals surface area contributed by atoms with Crippen molar-refractivity contribution in [3.63, 3.8) is 0 Å². The SMILES string of the molecule is CC(C)C(C)(C)CNc1nc2ccc(Br)cc2s1. The number of thiazole rings is 1. The van der Waals surface area contributed by atoms with Crippen LogP contribution in [0.15, 0.2) is 22.7 Å². The largest absolute Gasteiger partial charge is 0.361 e. The minimum absolute atomic E-state index is 0.276. The zero-order valence-corrected chi connectivity index (χ0v) is 13.7. The molecule has 0 aliphatic rings. The molecule has 1 heterocycles. The number of nitrogens with one attached hydrogen (secondary N) is 1. The number of halogens is 1. The van der Waals surface area contributed by atoms with E-state index in [1.165, 1.54) is 4.70 Å². The fraction of sp³-hybridized carbons (Fsp3) is 0.500. The third-order valence-corrected chi connectivity index (χ3v) is 5.08. The molecule has 0 atom stereocenters. The predicted molar refractivity (Wildman–Crippen MR) is 84.4 cm³/mol. The average Bonchev–Trinajstić information content (AvgIpc) is 2.68. The summed E-state index contributed by atoms with van der Waals surface area (Å²) < 4.78 is 2.32. The number of anilines is 1. The van der Waals surface area contributed by atoms with E-state index in [1.807, 2.05) is 6.07 Å². The van der Waals surface area contributed by atoms with Crippen molar-refractivity contribution in [2.24, 2.45) is 11.3 Å². The number of hydrogen-bond donors (Lipinski definition) is 1. The van der Waals surface area contributed by atoms with Gasteiger partial charge in [0.2, 0.25) is 0 Å². The lowest BCUT2D eigenvalue weighted by molar-refractivity contribution is 0.269. The Morgan fingerprint density at radius 3 is 2.78 bits per heavy atom. The molecule has 0 spiro atoms. The van der Waals surface area contributed by atoms with Gasteiger partial charge in [0.15, 0.2) is 5.13 Å². The fourth-order valence-electron chi connectivity index (χ4n) is 1.48. The molecule has 0 bridgehead atoms. The van der Waals surface area contributed by atoms with Crippen molar-refractivity contribution in [1.82, 2.24) is 4.98 Å². The minimum Gasteiger partial charge on any atom is -0.361 e. The van der Waals surface area contributed by atoms with Gasteiger partial charge in [-0.15, -0.1) is 0 Å². The van der Waals surface area contributed by atoms with Gasteiger partial charge in [-0.2, -0.15) is 0 Å². The van der Waals surface area contributed by atoms with Crippen LogP contribution in [0.1, 0.15) is 27.7 Å². The van der Waals surface area contributed by atoms with Crippen LogP contribution in [-0.2, 0) is 0 Å². The molecule has 0 fully saturated rings. The lowest BCUT2D eigenvalue weighted by Crippen LogP contribution is -2.28. The third kappa shape index (κ3) is 3.04. The molecule has 1 N–H and O–H groups in total. The zero-order valence-electron chi connectivity index (χ0n) is 11.2. The van der Waals surface area contributed by atoms with Gasteiger partial charge < -0.3 is 5.32 Å². The van der Waals surface area contributed by atoms with Crippen molar-refractivity contribution in [1.29, 1.82) is 0 Å². The molecule has 0 aliphatic carbocycles. The van der Waals surface area contributed by atoms with E-state index in [1.54, 1.807) is 11.3 Å². The molecular formula is C14H19BrN2S. The van der Waals surface area contributed by atoms with Crippen molar-refractivity contribution in [2.75, 3.05) is 11.9 Å². The standard InChI is InChI=1S/C14H19BrN2S/c1-9(2)14(3,4)8-16-13-17-11-6-5-10(15)7-12(11)18-13/h5-7,9H,8H2,1-4H3,(H,16,17). The van der Waals surface area contributed by atoms with E-state index in [2.05, 4.69) is 66.1 Å². The number of benzene rings is 1. The van der Waals surface area contributed by atoms with Gasteiger partial charge in [0.05, 0.1) is 10.2 Å². The number of aromatic nitrogens is 1. The van der Waals surface area contributed by atoms with Gasteiger partial charge in [-0.25, -0.2) is 4.98 Å². The van der Waals surface area contributed by atoms with Gasteiger partial charge >= 0.3 is 0 Å². The van der Waals surface area contributed by atoms with E-state index in [9.17, 15) is 0 Å². The predicted octanol–water partition coefficient (Wildman–Crippen LogP) is 5.15. The molecule has 0 radical (unpaired) electrons. The van der Waals surface area contributed by atoms with Crippen LogP contribution in [0.2, 0.25) is 0 Å². The Balaban J connectivity index is 2.13.